The van der Waals surface area contributed by atoms with Crippen LogP contribution in [0.1, 0.15) is 37.9 Å². The Morgan fingerprint density at radius 2 is 1.80 bits per heavy atom. The van der Waals surface area contributed by atoms with E-state index >= 15 is 0 Å². The Morgan fingerprint density at radius 1 is 1.13 bits per heavy atom. The van der Waals surface area contributed by atoms with E-state index < -0.39 is 0 Å². The summed E-state index contributed by atoms with van der Waals surface area (Å²) in [6.45, 7) is 6.69. The third-order valence-electron chi connectivity index (χ3n) is 4.83. The van der Waals surface area contributed by atoms with Crippen molar-refractivity contribution in [3.63, 3.8) is 0 Å². The van der Waals surface area contributed by atoms with E-state index in [2.05, 4.69) is 15.6 Å². The lowest BCUT2D eigenvalue weighted by atomic mass is 9.84. The van der Waals surface area contributed by atoms with Gasteiger partial charge in [-0.2, -0.15) is 0 Å². The number of nitrogens with zero attached hydrogens (tertiary/aromatic N) is 2. The van der Waals surface area contributed by atoms with Crippen LogP contribution >= 0.6 is 24.0 Å². The zero-order valence-corrected chi connectivity index (χ0v) is 20.6. The molecule has 164 valence electrons. The molecule has 0 saturated carbocycles. The Kier molecular flexibility index (Phi) is 10.2. The van der Waals surface area contributed by atoms with Crippen molar-refractivity contribution in [2.45, 2.75) is 32.2 Å². The smallest absolute Gasteiger partial charge is 0.243 e. The van der Waals surface area contributed by atoms with E-state index in [1.807, 2.05) is 57.2 Å². The second-order valence-corrected chi connectivity index (χ2v) is 7.98. The summed E-state index contributed by atoms with van der Waals surface area (Å²) in [5, 5.41) is 6.68. The number of halogens is 2. The van der Waals surface area contributed by atoms with E-state index in [1.54, 1.807) is 26.2 Å². The molecule has 0 saturated heterocycles. The molecule has 2 aromatic rings. The highest BCUT2D eigenvalue weighted by atomic mass is 127. The normalized spacial score (nSPS) is 12.5. The summed E-state index contributed by atoms with van der Waals surface area (Å²) in [5.41, 5.74) is 1.68. The maximum atomic E-state index is 13.6. The number of rotatable bonds is 7. The van der Waals surface area contributed by atoms with Crippen molar-refractivity contribution in [1.29, 1.82) is 0 Å². The van der Waals surface area contributed by atoms with E-state index in [9.17, 15) is 9.18 Å². The molecule has 2 aromatic carbocycles. The number of benzene rings is 2. The lowest BCUT2D eigenvalue weighted by Crippen LogP contribution is -2.44. The summed E-state index contributed by atoms with van der Waals surface area (Å²) in [6, 6.07) is 16.7. The van der Waals surface area contributed by atoms with Crippen LogP contribution in [0, 0.1) is 5.82 Å². The van der Waals surface area contributed by atoms with Crippen LogP contribution in [0.3, 0.4) is 0 Å². The molecule has 0 fully saturated rings. The maximum Gasteiger partial charge on any atom is 0.243 e. The minimum atomic E-state index is -0.327. The molecule has 0 radical (unpaired) electrons. The van der Waals surface area contributed by atoms with E-state index in [1.165, 1.54) is 11.0 Å². The molecule has 0 aliphatic heterocycles. The average molecular weight is 526 g/mol. The quantitative estimate of drug-likeness (QED) is 0.325. The first kappa shape index (κ1) is 25.9. The van der Waals surface area contributed by atoms with Crippen LogP contribution in [0.5, 0.6) is 0 Å². The molecule has 0 heterocycles. The molecule has 1 amide bonds. The van der Waals surface area contributed by atoms with Gasteiger partial charge in [0.05, 0.1) is 6.04 Å². The molecule has 5 nitrogen and oxygen atoms in total. The van der Waals surface area contributed by atoms with Gasteiger partial charge in [-0.25, -0.2) is 9.38 Å². The fourth-order valence-corrected chi connectivity index (χ4v) is 2.79. The lowest BCUT2D eigenvalue weighted by Gasteiger charge is -2.28. The zero-order valence-electron chi connectivity index (χ0n) is 18.3. The van der Waals surface area contributed by atoms with E-state index in [0.717, 1.165) is 11.1 Å². The van der Waals surface area contributed by atoms with Crippen LogP contribution in [0.25, 0.3) is 0 Å². The highest BCUT2D eigenvalue weighted by molar-refractivity contribution is 14.0. The second kappa shape index (κ2) is 11.9. The molecule has 0 aliphatic rings. The molecule has 30 heavy (non-hydrogen) atoms. The second-order valence-electron chi connectivity index (χ2n) is 7.98. The first-order chi connectivity index (χ1) is 13.7. The van der Waals surface area contributed by atoms with Crippen molar-refractivity contribution >= 4 is 35.8 Å². The van der Waals surface area contributed by atoms with Crippen molar-refractivity contribution in [2.24, 2.45) is 4.99 Å². The number of hydrogen-bond acceptors (Lipinski definition) is 2. The Balaban J connectivity index is 0.00000450. The topological polar surface area (TPSA) is 56.7 Å². The maximum absolute atomic E-state index is 13.6. The van der Waals surface area contributed by atoms with Crippen LogP contribution in [0.2, 0.25) is 0 Å². The predicted octanol–water partition coefficient (Wildman–Crippen LogP) is 4.11. The van der Waals surface area contributed by atoms with Crippen LogP contribution in [0.15, 0.2) is 59.6 Å². The van der Waals surface area contributed by atoms with E-state index in [-0.39, 0.29) is 53.7 Å². The van der Waals surface area contributed by atoms with Crippen LogP contribution in [-0.4, -0.2) is 44.0 Å². The largest absolute Gasteiger partial charge is 0.356 e. The monoisotopic (exact) mass is 526 g/mol. The first-order valence-electron chi connectivity index (χ1n) is 9.75. The SMILES string of the molecule is CC(NC(=NCC(=O)N(C)C)NCC(C)(C)c1cccc(F)c1)c1ccccc1.I. The van der Waals surface area contributed by atoms with Crippen molar-refractivity contribution < 1.29 is 9.18 Å². The number of carbonyl (C=O) groups excluding carboxylic acids is 1. The summed E-state index contributed by atoms with van der Waals surface area (Å²) in [5.74, 6) is 0.209. The van der Waals surface area contributed by atoms with E-state index in [4.69, 9.17) is 0 Å². The Hall–Kier alpha value is -2.16. The summed E-state index contributed by atoms with van der Waals surface area (Å²) in [6.07, 6.45) is 0. The average Bonchev–Trinajstić information content (AvgIpc) is 2.70. The van der Waals surface area contributed by atoms with Gasteiger partial charge < -0.3 is 15.5 Å². The molecule has 0 bridgehead atoms. The van der Waals surface area contributed by atoms with Crippen molar-refractivity contribution in [3.8, 4) is 0 Å². The van der Waals surface area contributed by atoms with Gasteiger partial charge >= 0.3 is 0 Å². The van der Waals surface area contributed by atoms with Crippen molar-refractivity contribution in [3.05, 3.63) is 71.5 Å². The van der Waals surface area contributed by atoms with Gasteiger partial charge in [0, 0.05) is 26.1 Å². The number of guanidine groups is 1. The van der Waals surface area contributed by atoms with Gasteiger partial charge in [-0.15, -0.1) is 24.0 Å². The van der Waals surface area contributed by atoms with Gasteiger partial charge in [0.1, 0.15) is 12.4 Å². The number of carbonyl (C=O) groups is 1. The molecule has 0 spiro atoms. The van der Waals surface area contributed by atoms with Gasteiger partial charge in [-0.05, 0) is 30.2 Å². The number of aliphatic imine (C=N–C) groups is 1. The minimum Gasteiger partial charge on any atom is -0.356 e. The van der Waals surface area contributed by atoms with Gasteiger partial charge in [0.25, 0.3) is 0 Å². The summed E-state index contributed by atoms with van der Waals surface area (Å²) in [7, 11) is 3.41. The fraction of sp³-hybridized carbons (Fsp3) is 0.391. The standard InChI is InChI=1S/C23H31FN4O.HI/c1-17(18-10-7-6-8-11-18)27-22(25-15-21(29)28(4)5)26-16-23(2,3)19-12-9-13-20(24)14-19;/h6-14,17H,15-16H2,1-5H3,(H2,25,26,27);1H. The number of amides is 1. The molecule has 1 unspecified atom stereocenters. The molecule has 7 heteroatoms. The highest BCUT2D eigenvalue weighted by Gasteiger charge is 2.22. The van der Waals surface area contributed by atoms with E-state index in [0.29, 0.717) is 12.5 Å². The third-order valence-corrected chi connectivity index (χ3v) is 4.83. The molecule has 2 N–H and O–H groups in total. The minimum absolute atomic E-state index is 0. The number of hydrogen-bond donors (Lipinski definition) is 2. The zero-order chi connectivity index (χ0) is 21.4. The van der Waals surface area contributed by atoms with Crippen molar-refractivity contribution in [2.75, 3.05) is 27.2 Å². The van der Waals surface area contributed by atoms with Crippen LogP contribution in [0.4, 0.5) is 4.39 Å². The van der Waals surface area contributed by atoms with Gasteiger partial charge in [-0.1, -0.05) is 56.3 Å². The Morgan fingerprint density at radius 3 is 2.40 bits per heavy atom. The first-order valence-corrected chi connectivity index (χ1v) is 9.75. The molecule has 0 aliphatic carbocycles. The number of nitrogens with one attached hydrogen (secondary N) is 2. The summed E-state index contributed by atoms with van der Waals surface area (Å²) < 4.78 is 13.6. The van der Waals surface area contributed by atoms with Crippen molar-refractivity contribution in [1.82, 2.24) is 15.5 Å². The van der Waals surface area contributed by atoms with Gasteiger partial charge in [-0.3, -0.25) is 4.79 Å². The summed E-state index contributed by atoms with van der Waals surface area (Å²) >= 11 is 0. The molecule has 0 aromatic heterocycles. The van der Waals surface area contributed by atoms with Crippen LogP contribution < -0.4 is 10.6 Å². The third kappa shape index (κ3) is 7.93. The number of likely N-dealkylation sites (N-methyl/N-ethyl adjacent to an activating group) is 1. The van der Waals surface area contributed by atoms with Gasteiger partial charge in [0.15, 0.2) is 5.96 Å². The molecule has 2 rings (SSSR count). The fourth-order valence-electron chi connectivity index (χ4n) is 2.79. The Labute approximate surface area is 196 Å². The molecular weight excluding hydrogens is 494 g/mol. The molecular formula is C23H32FIN4O. The Bertz CT molecular complexity index is 840. The lowest BCUT2D eigenvalue weighted by molar-refractivity contribution is -0.127. The highest BCUT2D eigenvalue weighted by Crippen LogP contribution is 2.23. The van der Waals surface area contributed by atoms with Gasteiger partial charge in [0.2, 0.25) is 5.91 Å². The predicted molar refractivity (Wildman–Crippen MR) is 132 cm³/mol. The van der Waals surface area contributed by atoms with Crippen LogP contribution in [-0.2, 0) is 10.2 Å². The molecule has 1 atom stereocenters. The summed E-state index contributed by atoms with van der Waals surface area (Å²) in [4.78, 5) is 18.0.